The first-order valence-electron chi connectivity index (χ1n) is 11.0. The first-order chi connectivity index (χ1) is 15.6. The molecule has 0 aromatic heterocycles. The summed E-state index contributed by atoms with van der Waals surface area (Å²) in [6.07, 6.45) is 3.40. The van der Waals surface area contributed by atoms with Gasteiger partial charge in [0.15, 0.2) is 11.5 Å². The van der Waals surface area contributed by atoms with Gasteiger partial charge in [0.25, 0.3) is 5.91 Å². The molecule has 2 aliphatic rings. The van der Waals surface area contributed by atoms with Gasteiger partial charge in [-0.05, 0) is 48.6 Å². The van der Waals surface area contributed by atoms with Gasteiger partial charge in [-0.1, -0.05) is 18.2 Å². The molecule has 170 valence electrons. The van der Waals surface area contributed by atoms with Crippen molar-refractivity contribution in [2.24, 2.45) is 0 Å². The van der Waals surface area contributed by atoms with Crippen molar-refractivity contribution in [2.45, 2.75) is 38.3 Å². The van der Waals surface area contributed by atoms with Crippen LogP contribution in [0.2, 0.25) is 0 Å². The molecule has 2 amide bonds. The number of benzene rings is 2. The van der Waals surface area contributed by atoms with Gasteiger partial charge in [0.2, 0.25) is 11.7 Å². The predicted molar refractivity (Wildman–Crippen MR) is 120 cm³/mol. The average molecular weight is 439 g/mol. The topological polar surface area (TPSA) is 68.3 Å². The SMILES string of the molecule is COc1cc([C@H](CC(=O)N2CCCCC2)N2Cc3ccccc3C2=O)cc(OC)c1OC. The van der Waals surface area contributed by atoms with Crippen LogP contribution in [0.3, 0.4) is 0 Å². The highest BCUT2D eigenvalue weighted by atomic mass is 16.5. The number of piperidine rings is 1. The molecule has 7 nitrogen and oxygen atoms in total. The summed E-state index contributed by atoms with van der Waals surface area (Å²) in [4.78, 5) is 30.3. The largest absolute Gasteiger partial charge is 0.493 e. The Bertz CT molecular complexity index is 975. The standard InChI is InChI=1S/C25H30N2O5/c1-30-21-13-18(14-22(31-2)24(21)32-3)20(15-23(28)26-11-7-4-8-12-26)27-16-17-9-5-6-10-19(17)25(27)29/h5-6,9-10,13-14,20H,4,7-8,11-12,15-16H2,1-3H3/t20-/m0/s1. The number of ether oxygens (including phenoxy) is 3. The van der Waals surface area contributed by atoms with Crippen molar-refractivity contribution in [2.75, 3.05) is 34.4 Å². The lowest BCUT2D eigenvalue weighted by molar-refractivity contribution is -0.133. The van der Waals surface area contributed by atoms with Gasteiger partial charge in [-0.2, -0.15) is 0 Å². The number of rotatable bonds is 7. The fourth-order valence-electron chi connectivity index (χ4n) is 4.67. The van der Waals surface area contributed by atoms with Crippen LogP contribution in [0.1, 0.15) is 53.2 Å². The maximum Gasteiger partial charge on any atom is 0.255 e. The van der Waals surface area contributed by atoms with Crippen molar-refractivity contribution in [3.8, 4) is 17.2 Å². The molecule has 1 fully saturated rings. The van der Waals surface area contributed by atoms with Crippen molar-refractivity contribution in [3.05, 3.63) is 53.1 Å². The molecule has 0 unspecified atom stereocenters. The molecule has 0 N–H and O–H groups in total. The Morgan fingerprint density at radius 2 is 1.62 bits per heavy atom. The van der Waals surface area contributed by atoms with E-state index in [4.69, 9.17) is 14.2 Å². The van der Waals surface area contributed by atoms with Crippen LogP contribution in [-0.4, -0.2) is 56.0 Å². The lowest BCUT2D eigenvalue weighted by Gasteiger charge is -2.32. The predicted octanol–water partition coefficient (Wildman–Crippen LogP) is 3.81. The number of amides is 2. The highest BCUT2D eigenvalue weighted by Crippen LogP contribution is 2.43. The van der Waals surface area contributed by atoms with Crippen LogP contribution >= 0.6 is 0 Å². The highest BCUT2D eigenvalue weighted by molar-refractivity contribution is 5.99. The van der Waals surface area contributed by atoms with Crippen LogP contribution < -0.4 is 14.2 Å². The molecule has 0 radical (unpaired) electrons. The zero-order valence-corrected chi connectivity index (χ0v) is 18.9. The number of nitrogens with zero attached hydrogens (tertiary/aromatic N) is 2. The van der Waals surface area contributed by atoms with Gasteiger partial charge in [0.05, 0.1) is 33.8 Å². The van der Waals surface area contributed by atoms with Crippen LogP contribution in [0.4, 0.5) is 0 Å². The Morgan fingerprint density at radius 3 is 2.22 bits per heavy atom. The van der Waals surface area contributed by atoms with Crippen LogP contribution in [0.15, 0.2) is 36.4 Å². The van der Waals surface area contributed by atoms with Gasteiger partial charge >= 0.3 is 0 Å². The molecule has 2 aromatic carbocycles. The molecule has 32 heavy (non-hydrogen) atoms. The number of hydrogen-bond donors (Lipinski definition) is 0. The van der Waals surface area contributed by atoms with E-state index in [0.717, 1.165) is 43.5 Å². The zero-order chi connectivity index (χ0) is 22.7. The van der Waals surface area contributed by atoms with Crippen LogP contribution in [-0.2, 0) is 11.3 Å². The highest BCUT2D eigenvalue weighted by Gasteiger charge is 2.36. The number of carbonyl (C=O) groups is 2. The first-order valence-corrected chi connectivity index (χ1v) is 11.0. The van der Waals surface area contributed by atoms with Crippen LogP contribution in [0.5, 0.6) is 17.2 Å². The average Bonchev–Trinajstić information content (AvgIpc) is 3.18. The van der Waals surface area contributed by atoms with Crippen molar-refractivity contribution in [1.82, 2.24) is 9.80 Å². The number of fused-ring (bicyclic) bond motifs is 1. The van der Waals surface area contributed by atoms with E-state index in [0.29, 0.717) is 29.4 Å². The number of methoxy groups -OCH3 is 3. The molecule has 2 aromatic rings. The molecule has 0 aliphatic carbocycles. The molecule has 0 bridgehead atoms. The molecule has 1 atom stereocenters. The number of carbonyl (C=O) groups excluding carboxylic acids is 2. The van der Waals surface area contributed by atoms with Crippen molar-refractivity contribution in [3.63, 3.8) is 0 Å². The lowest BCUT2D eigenvalue weighted by atomic mass is 9.99. The summed E-state index contributed by atoms with van der Waals surface area (Å²) in [5, 5.41) is 0. The molecule has 4 rings (SSSR count). The van der Waals surface area contributed by atoms with Gasteiger partial charge in [-0.25, -0.2) is 0 Å². The summed E-state index contributed by atoms with van der Waals surface area (Å²) in [5.74, 6) is 1.48. The Labute approximate surface area is 188 Å². The second kappa shape index (κ2) is 9.51. The van der Waals surface area contributed by atoms with Crippen molar-refractivity contribution >= 4 is 11.8 Å². The summed E-state index contributed by atoms with van der Waals surface area (Å²) in [7, 11) is 4.68. The maximum atomic E-state index is 13.3. The fourth-order valence-corrected chi connectivity index (χ4v) is 4.67. The van der Waals surface area contributed by atoms with E-state index in [-0.39, 0.29) is 18.2 Å². The van der Waals surface area contributed by atoms with Crippen LogP contribution in [0, 0.1) is 0 Å². The third-order valence-electron chi connectivity index (χ3n) is 6.37. The molecular formula is C25H30N2O5. The minimum atomic E-state index is -0.446. The van der Waals surface area contributed by atoms with E-state index in [2.05, 4.69) is 0 Å². The van der Waals surface area contributed by atoms with E-state index < -0.39 is 6.04 Å². The smallest absolute Gasteiger partial charge is 0.255 e. The normalized spacial score (nSPS) is 16.5. The summed E-state index contributed by atoms with van der Waals surface area (Å²) < 4.78 is 16.5. The van der Waals surface area contributed by atoms with E-state index >= 15 is 0 Å². The van der Waals surface area contributed by atoms with E-state index in [9.17, 15) is 9.59 Å². The van der Waals surface area contributed by atoms with Crippen LogP contribution in [0.25, 0.3) is 0 Å². The second-order valence-corrected chi connectivity index (χ2v) is 8.21. The lowest BCUT2D eigenvalue weighted by Crippen LogP contribution is -2.39. The van der Waals surface area contributed by atoms with E-state index in [1.807, 2.05) is 41.3 Å². The van der Waals surface area contributed by atoms with Gasteiger partial charge in [0.1, 0.15) is 0 Å². The maximum absolute atomic E-state index is 13.3. The number of likely N-dealkylation sites (tertiary alicyclic amines) is 1. The molecule has 0 saturated carbocycles. The second-order valence-electron chi connectivity index (χ2n) is 8.21. The van der Waals surface area contributed by atoms with Gasteiger partial charge in [-0.3, -0.25) is 9.59 Å². The third kappa shape index (κ3) is 4.11. The monoisotopic (exact) mass is 438 g/mol. The van der Waals surface area contributed by atoms with Gasteiger partial charge in [0, 0.05) is 25.2 Å². The van der Waals surface area contributed by atoms with Gasteiger partial charge in [-0.15, -0.1) is 0 Å². The molecule has 2 aliphatic heterocycles. The Kier molecular flexibility index (Phi) is 6.53. The Hall–Kier alpha value is -3.22. The third-order valence-corrected chi connectivity index (χ3v) is 6.37. The molecule has 2 heterocycles. The van der Waals surface area contributed by atoms with Crippen molar-refractivity contribution in [1.29, 1.82) is 0 Å². The number of hydrogen-bond acceptors (Lipinski definition) is 5. The summed E-state index contributed by atoms with van der Waals surface area (Å²) in [6.45, 7) is 2.01. The fraction of sp³-hybridized carbons (Fsp3) is 0.440. The zero-order valence-electron chi connectivity index (χ0n) is 18.9. The first kappa shape index (κ1) is 22.0. The van der Waals surface area contributed by atoms with E-state index in [1.165, 1.54) is 0 Å². The van der Waals surface area contributed by atoms with Gasteiger partial charge < -0.3 is 24.0 Å². The molecule has 7 heteroatoms. The minimum Gasteiger partial charge on any atom is -0.493 e. The Balaban J connectivity index is 1.73. The van der Waals surface area contributed by atoms with E-state index in [1.54, 1.807) is 26.2 Å². The quantitative estimate of drug-likeness (QED) is 0.658. The summed E-state index contributed by atoms with van der Waals surface area (Å²) in [5.41, 5.74) is 2.45. The summed E-state index contributed by atoms with van der Waals surface area (Å²) in [6, 6.07) is 10.8. The van der Waals surface area contributed by atoms with Crippen molar-refractivity contribution < 1.29 is 23.8 Å². The molecule has 0 spiro atoms. The molecule has 1 saturated heterocycles. The minimum absolute atomic E-state index is 0.0622. The Morgan fingerprint density at radius 1 is 0.969 bits per heavy atom. The summed E-state index contributed by atoms with van der Waals surface area (Å²) >= 11 is 0. The molecular weight excluding hydrogens is 408 g/mol.